The van der Waals surface area contributed by atoms with Crippen LogP contribution in [0.3, 0.4) is 0 Å². The summed E-state index contributed by atoms with van der Waals surface area (Å²) >= 11 is 0. The normalized spacial score (nSPS) is 10.5. The van der Waals surface area contributed by atoms with Gasteiger partial charge in [0.15, 0.2) is 5.78 Å². The van der Waals surface area contributed by atoms with E-state index in [1.807, 2.05) is 42.0 Å². The maximum Gasteiger partial charge on any atom is 0.162 e. The molecular formula is C14H16N2O. The van der Waals surface area contributed by atoms with Gasteiger partial charge in [0.05, 0.1) is 0 Å². The molecule has 0 fully saturated rings. The molecule has 88 valence electrons. The number of imidazole rings is 1. The second kappa shape index (κ2) is 4.95. The minimum atomic E-state index is 0.179. The first-order valence-electron chi connectivity index (χ1n) is 5.92. The van der Waals surface area contributed by atoms with Crippen LogP contribution in [0.15, 0.2) is 36.7 Å². The molecule has 0 saturated carbocycles. The quantitative estimate of drug-likeness (QED) is 0.754. The van der Waals surface area contributed by atoms with Crippen molar-refractivity contribution in [2.45, 2.75) is 26.7 Å². The molecule has 0 aliphatic heterocycles. The van der Waals surface area contributed by atoms with E-state index < -0.39 is 0 Å². The molecular weight excluding hydrogens is 212 g/mol. The number of benzene rings is 1. The average molecular weight is 228 g/mol. The largest absolute Gasteiger partial charge is 0.304 e. The number of hydrogen-bond acceptors (Lipinski definition) is 2. The maximum atomic E-state index is 11.5. The molecule has 2 rings (SSSR count). The molecule has 1 heterocycles. The molecule has 0 spiro atoms. The summed E-state index contributed by atoms with van der Waals surface area (Å²) in [6.45, 7) is 3.95. The van der Waals surface area contributed by atoms with Crippen LogP contribution in [0.5, 0.6) is 0 Å². The summed E-state index contributed by atoms with van der Waals surface area (Å²) in [6, 6.07) is 7.68. The minimum Gasteiger partial charge on any atom is -0.304 e. The number of nitrogens with zero attached hydrogens (tertiary/aromatic N) is 2. The highest BCUT2D eigenvalue weighted by atomic mass is 16.1. The Bertz CT molecular complexity index is 511. The fourth-order valence-electron chi connectivity index (χ4n) is 1.84. The van der Waals surface area contributed by atoms with Crippen molar-refractivity contribution in [1.82, 2.24) is 9.55 Å². The van der Waals surface area contributed by atoms with Crippen LogP contribution in [0.4, 0.5) is 0 Å². The number of ketones is 1. The Kier molecular flexibility index (Phi) is 3.38. The van der Waals surface area contributed by atoms with Gasteiger partial charge in [0.25, 0.3) is 0 Å². The number of aromatic nitrogens is 2. The van der Waals surface area contributed by atoms with E-state index in [1.54, 1.807) is 6.20 Å². The topological polar surface area (TPSA) is 34.9 Å². The van der Waals surface area contributed by atoms with Gasteiger partial charge in [0, 0.05) is 36.5 Å². The fourth-order valence-corrected chi connectivity index (χ4v) is 1.84. The van der Waals surface area contributed by atoms with Gasteiger partial charge in [-0.1, -0.05) is 13.8 Å². The second-order valence-corrected chi connectivity index (χ2v) is 3.89. The lowest BCUT2D eigenvalue weighted by Gasteiger charge is -2.07. The van der Waals surface area contributed by atoms with Crippen LogP contribution in [0.2, 0.25) is 0 Å². The summed E-state index contributed by atoms with van der Waals surface area (Å²) in [5.74, 6) is 1.21. The van der Waals surface area contributed by atoms with Crippen LogP contribution in [-0.4, -0.2) is 15.3 Å². The van der Waals surface area contributed by atoms with Gasteiger partial charge in [0.1, 0.15) is 5.82 Å². The predicted molar refractivity (Wildman–Crippen MR) is 67.6 cm³/mol. The SMILES string of the molecule is CCC(=O)c1ccc(-n2ccnc2CC)cc1. The first kappa shape index (κ1) is 11.6. The lowest BCUT2D eigenvalue weighted by atomic mass is 10.1. The first-order chi connectivity index (χ1) is 8.26. The molecule has 0 N–H and O–H groups in total. The predicted octanol–water partition coefficient (Wildman–Crippen LogP) is 3.03. The third-order valence-electron chi connectivity index (χ3n) is 2.82. The second-order valence-electron chi connectivity index (χ2n) is 3.89. The van der Waals surface area contributed by atoms with Crippen LogP contribution in [0, 0.1) is 0 Å². The zero-order valence-electron chi connectivity index (χ0n) is 10.2. The number of rotatable bonds is 4. The van der Waals surface area contributed by atoms with Crippen molar-refractivity contribution in [3.05, 3.63) is 48.0 Å². The van der Waals surface area contributed by atoms with Crippen LogP contribution in [-0.2, 0) is 6.42 Å². The monoisotopic (exact) mass is 228 g/mol. The summed E-state index contributed by atoms with van der Waals surface area (Å²) < 4.78 is 2.04. The molecule has 0 amide bonds. The van der Waals surface area contributed by atoms with E-state index in [4.69, 9.17) is 0 Å². The number of carbonyl (C=O) groups is 1. The van der Waals surface area contributed by atoms with Gasteiger partial charge in [-0.05, 0) is 24.3 Å². The van der Waals surface area contributed by atoms with E-state index in [9.17, 15) is 4.79 Å². The Morgan fingerprint density at radius 1 is 1.24 bits per heavy atom. The van der Waals surface area contributed by atoms with Gasteiger partial charge >= 0.3 is 0 Å². The Labute approximate surface area is 101 Å². The van der Waals surface area contributed by atoms with Gasteiger partial charge in [-0.3, -0.25) is 4.79 Å². The van der Waals surface area contributed by atoms with Crippen molar-refractivity contribution in [3.63, 3.8) is 0 Å². The molecule has 0 atom stereocenters. The molecule has 0 aliphatic carbocycles. The maximum absolute atomic E-state index is 11.5. The van der Waals surface area contributed by atoms with Crippen molar-refractivity contribution in [2.75, 3.05) is 0 Å². The average Bonchev–Trinajstić information content (AvgIpc) is 2.86. The summed E-state index contributed by atoms with van der Waals surface area (Å²) in [7, 11) is 0. The van der Waals surface area contributed by atoms with Crippen molar-refractivity contribution in [3.8, 4) is 5.69 Å². The fraction of sp³-hybridized carbons (Fsp3) is 0.286. The summed E-state index contributed by atoms with van der Waals surface area (Å²) in [5.41, 5.74) is 1.82. The molecule has 0 saturated heterocycles. The molecule has 3 nitrogen and oxygen atoms in total. The molecule has 1 aromatic heterocycles. The highest BCUT2D eigenvalue weighted by molar-refractivity contribution is 5.95. The van der Waals surface area contributed by atoms with Gasteiger partial charge in [-0.15, -0.1) is 0 Å². The van der Waals surface area contributed by atoms with Gasteiger partial charge in [-0.2, -0.15) is 0 Å². The standard InChI is InChI=1S/C14H16N2O/c1-3-13(17)11-5-7-12(8-6-11)16-10-9-15-14(16)4-2/h5-10H,3-4H2,1-2H3. The number of aryl methyl sites for hydroxylation is 1. The lowest BCUT2D eigenvalue weighted by Crippen LogP contribution is -2.01. The molecule has 0 aliphatic rings. The minimum absolute atomic E-state index is 0.179. The first-order valence-corrected chi connectivity index (χ1v) is 5.92. The van der Waals surface area contributed by atoms with E-state index in [0.717, 1.165) is 23.5 Å². The van der Waals surface area contributed by atoms with Crippen LogP contribution in [0.1, 0.15) is 36.5 Å². The summed E-state index contributed by atoms with van der Waals surface area (Å²) in [4.78, 5) is 15.8. The van der Waals surface area contributed by atoms with Crippen molar-refractivity contribution in [1.29, 1.82) is 0 Å². The highest BCUT2D eigenvalue weighted by Gasteiger charge is 2.05. The van der Waals surface area contributed by atoms with Gasteiger partial charge in [0.2, 0.25) is 0 Å². The number of carbonyl (C=O) groups excluding carboxylic acids is 1. The van der Waals surface area contributed by atoms with Crippen LogP contribution < -0.4 is 0 Å². The van der Waals surface area contributed by atoms with Gasteiger partial charge in [-0.25, -0.2) is 4.98 Å². The summed E-state index contributed by atoms with van der Waals surface area (Å²) in [6.07, 6.45) is 5.17. The molecule has 0 bridgehead atoms. The molecule has 17 heavy (non-hydrogen) atoms. The van der Waals surface area contributed by atoms with Crippen molar-refractivity contribution in [2.24, 2.45) is 0 Å². The van der Waals surface area contributed by atoms with E-state index >= 15 is 0 Å². The zero-order valence-corrected chi connectivity index (χ0v) is 10.2. The zero-order chi connectivity index (χ0) is 12.3. The van der Waals surface area contributed by atoms with Crippen molar-refractivity contribution >= 4 is 5.78 Å². The molecule has 0 unspecified atom stereocenters. The highest BCUT2D eigenvalue weighted by Crippen LogP contribution is 2.13. The van der Waals surface area contributed by atoms with E-state index in [0.29, 0.717) is 6.42 Å². The molecule has 1 aromatic carbocycles. The summed E-state index contributed by atoms with van der Waals surface area (Å²) in [5, 5.41) is 0. The Balaban J connectivity index is 2.32. The van der Waals surface area contributed by atoms with E-state index in [1.165, 1.54) is 0 Å². The van der Waals surface area contributed by atoms with E-state index in [-0.39, 0.29) is 5.78 Å². The number of Topliss-reactive ketones (excluding diaryl/α,β-unsaturated/α-hetero) is 1. The van der Waals surface area contributed by atoms with E-state index in [2.05, 4.69) is 11.9 Å². The van der Waals surface area contributed by atoms with Gasteiger partial charge < -0.3 is 4.57 Å². The Morgan fingerprint density at radius 2 is 1.94 bits per heavy atom. The molecule has 3 heteroatoms. The van der Waals surface area contributed by atoms with Crippen LogP contribution >= 0.6 is 0 Å². The Hall–Kier alpha value is -1.90. The third-order valence-corrected chi connectivity index (χ3v) is 2.82. The Morgan fingerprint density at radius 3 is 2.53 bits per heavy atom. The van der Waals surface area contributed by atoms with Crippen LogP contribution in [0.25, 0.3) is 5.69 Å². The van der Waals surface area contributed by atoms with Crippen molar-refractivity contribution < 1.29 is 4.79 Å². The lowest BCUT2D eigenvalue weighted by molar-refractivity contribution is 0.0988. The number of hydrogen-bond donors (Lipinski definition) is 0. The smallest absolute Gasteiger partial charge is 0.162 e. The molecule has 2 aromatic rings. The third kappa shape index (κ3) is 2.28. The molecule has 0 radical (unpaired) electrons.